The lowest BCUT2D eigenvalue weighted by molar-refractivity contribution is -0.0678. The lowest BCUT2D eigenvalue weighted by Crippen LogP contribution is -2.51. The second-order valence-corrected chi connectivity index (χ2v) is 8.05. The summed E-state index contributed by atoms with van der Waals surface area (Å²) >= 11 is 0. The van der Waals surface area contributed by atoms with Gasteiger partial charge < -0.3 is 5.73 Å². The minimum atomic E-state index is 0.260. The second kappa shape index (κ2) is 4.34. The third-order valence-corrected chi connectivity index (χ3v) is 6.73. The highest BCUT2D eigenvalue weighted by atomic mass is 14.7. The van der Waals surface area contributed by atoms with Gasteiger partial charge in [0.15, 0.2) is 0 Å². The third-order valence-electron chi connectivity index (χ3n) is 6.73. The van der Waals surface area contributed by atoms with E-state index in [-0.39, 0.29) is 6.04 Å². The van der Waals surface area contributed by atoms with E-state index < -0.39 is 0 Å². The predicted molar refractivity (Wildman–Crippen MR) is 83.4 cm³/mol. The summed E-state index contributed by atoms with van der Waals surface area (Å²) in [5, 5.41) is 0. The first-order valence-electron chi connectivity index (χ1n) is 8.39. The van der Waals surface area contributed by atoms with Gasteiger partial charge in [-0.3, -0.25) is 0 Å². The van der Waals surface area contributed by atoms with Gasteiger partial charge in [-0.25, -0.2) is 0 Å². The van der Waals surface area contributed by atoms with E-state index in [0.29, 0.717) is 5.41 Å². The zero-order valence-corrected chi connectivity index (χ0v) is 12.9. The highest BCUT2D eigenvalue weighted by Crippen LogP contribution is 2.63. The van der Waals surface area contributed by atoms with Crippen LogP contribution in [0.2, 0.25) is 0 Å². The molecule has 0 spiro atoms. The van der Waals surface area contributed by atoms with E-state index in [0.717, 1.165) is 17.8 Å². The summed E-state index contributed by atoms with van der Waals surface area (Å²) in [6.45, 7) is 4.47. The molecule has 0 aliphatic heterocycles. The molecule has 0 radical (unpaired) electrons. The van der Waals surface area contributed by atoms with Gasteiger partial charge in [0.2, 0.25) is 0 Å². The van der Waals surface area contributed by atoms with Gasteiger partial charge in [-0.15, -0.1) is 0 Å². The average molecular weight is 269 g/mol. The molecule has 0 aromatic heterocycles. The third kappa shape index (κ3) is 1.79. The van der Waals surface area contributed by atoms with Crippen LogP contribution in [0.15, 0.2) is 18.2 Å². The maximum atomic E-state index is 6.86. The largest absolute Gasteiger partial charge is 0.323 e. The Kier molecular flexibility index (Phi) is 2.79. The van der Waals surface area contributed by atoms with E-state index in [1.807, 2.05) is 0 Å². The zero-order valence-electron chi connectivity index (χ0n) is 12.9. The van der Waals surface area contributed by atoms with Crippen LogP contribution in [0, 0.1) is 37.0 Å². The fraction of sp³-hybridized carbons (Fsp3) is 0.684. The standard InChI is InChI=1S/C19H27N/c1-12-4-3-5-17(13(12)2)18(20)19-9-14-6-15(10-19)8-16(7-14)11-19/h3-5,14-16,18H,6-11,20H2,1-2H3. The Morgan fingerprint density at radius 3 is 2.10 bits per heavy atom. The van der Waals surface area contributed by atoms with Gasteiger partial charge in [0, 0.05) is 6.04 Å². The second-order valence-electron chi connectivity index (χ2n) is 8.05. The molecule has 1 aromatic carbocycles. The summed E-state index contributed by atoms with van der Waals surface area (Å²) in [6.07, 6.45) is 8.69. The molecule has 0 saturated heterocycles. The minimum Gasteiger partial charge on any atom is -0.323 e. The minimum absolute atomic E-state index is 0.260. The van der Waals surface area contributed by atoms with Crippen molar-refractivity contribution in [2.45, 2.75) is 58.4 Å². The molecule has 1 aromatic rings. The Hall–Kier alpha value is -0.820. The predicted octanol–water partition coefficient (Wildman–Crippen LogP) is 4.52. The molecule has 1 unspecified atom stereocenters. The van der Waals surface area contributed by atoms with Crippen LogP contribution in [0.3, 0.4) is 0 Å². The summed E-state index contributed by atoms with van der Waals surface area (Å²) in [5.74, 6) is 2.95. The molecule has 4 aliphatic rings. The Labute approximate surface area is 122 Å². The number of aryl methyl sites for hydroxylation is 1. The summed E-state index contributed by atoms with van der Waals surface area (Å²) in [5.41, 5.74) is 11.5. The fourth-order valence-corrected chi connectivity index (χ4v) is 6.00. The molecule has 1 atom stereocenters. The van der Waals surface area contributed by atoms with Crippen LogP contribution in [0.4, 0.5) is 0 Å². The lowest BCUT2D eigenvalue weighted by Gasteiger charge is -2.59. The fourth-order valence-electron chi connectivity index (χ4n) is 6.00. The van der Waals surface area contributed by atoms with E-state index >= 15 is 0 Å². The molecule has 2 N–H and O–H groups in total. The van der Waals surface area contributed by atoms with Crippen molar-refractivity contribution < 1.29 is 0 Å². The SMILES string of the molecule is Cc1cccc(C(N)C23CC4CC(CC(C4)C2)C3)c1C. The van der Waals surface area contributed by atoms with Crippen molar-refractivity contribution >= 4 is 0 Å². The maximum Gasteiger partial charge on any atom is 0.0355 e. The normalized spacial score (nSPS) is 40.0. The van der Waals surface area contributed by atoms with Gasteiger partial charge in [0.05, 0.1) is 0 Å². The van der Waals surface area contributed by atoms with E-state index in [1.54, 1.807) is 0 Å². The molecule has 0 heterocycles. The number of benzene rings is 1. The molecule has 20 heavy (non-hydrogen) atoms. The lowest BCUT2D eigenvalue weighted by atomic mass is 9.47. The molecule has 4 fully saturated rings. The smallest absolute Gasteiger partial charge is 0.0355 e. The molecule has 5 rings (SSSR count). The van der Waals surface area contributed by atoms with Gasteiger partial charge in [0.25, 0.3) is 0 Å². The Morgan fingerprint density at radius 2 is 1.55 bits per heavy atom. The molecule has 4 saturated carbocycles. The maximum absolute atomic E-state index is 6.86. The highest BCUT2D eigenvalue weighted by Gasteiger charge is 2.53. The number of nitrogens with two attached hydrogens (primary N) is 1. The number of hydrogen-bond donors (Lipinski definition) is 1. The van der Waals surface area contributed by atoms with Crippen LogP contribution in [-0.2, 0) is 0 Å². The quantitative estimate of drug-likeness (QED) is 0.839. The van der Waals surface area contributed by atoms with Crippen molar-refractivity contribution in [1.29, 1.82) is 0 Å². The first-order valence-corrected chi connectivity index (χ1v) is 8.39. The molecule has 1 nitrogen and oxygen atoms in total. The summed E-state index contributed by atoms with van der Waals surface area (Å²) in [7, 11) is 0. The van der Waals surface area contributed by atoms with E-state index in [2.05, 4.69) is 32.0 Å². The Morgan fingerprint density at radius 1 is 1.00 bits per heavy atom. The Bertz CT molecular complexity index is 495. The topological polar surface area (TPSA) is 26.0 Å². The van der Waals surface area contributed by atoms with Gasteiger partial charge in [-0.1, -0.05) is 18.2 Å². The summed E-state index contributed by atoms with van der Waals surface area (Å²) in [6, 6.07) is 6.95. The Balaban J connectivity index is 1.71. The number of hydrogen-bond acceptors (Lipinski definition) is 1. The monoisotopic (exact) mass is 269 g/mol. The molecule has 1 heteroatoms. The van der Waals surface area contributed by atoms with Crippen molar-refractivity contribution in [3.8, 4) is 0 Å². The molecular weight excluding hydrogens is 242 g/mol. The van der Waals surface area contributed by atoms with E-state index in [1.165, 1.54) is 55.2 Å². The van der Waals surface area contributed by atoms with Gasteiger partial charge >= 0.3 is 0 Å². The zero-order chi connectivity index (χ0) is 13.9. The van der Waals surface area contributed by atoms with Crippen LogP contribution in [0.1, 0.15) is 61.3 Å². The molecule has 4 aliphatic carbocycles. The average Bonchev–Trinajstić information content (AvgIpc) is 2.39. The van der Waals surface area contributed by atoms with Gasteiger partial charge in [-0.2, -0.15) is 0 Å². The molecule has 108 valence electrons. The summed E-state index contributed by atoms with van der Waals surface area (Å²) < 4.78 is 0. The molecule has 0 amide bonds. The molecule has 4 bridgehead atoms. The van der Waals surface area contributed by atoms with Crippen molar-refractivity contribution in [1.82, 2.24) is 0 Å². The number of rotatable bonds is 2. The highest BCUT2D eigenvalue weighted by molar-refractivity contribution is 5.36. The van der Waals surface area contributed by atoms with Crippen molar-refractivity contribution in [3.63, 3.8) is 0 Å². The van der Waals surface area contributed by atoms with Crippen molar-refractivity contribution in [2.75, 3.05) is 0 Å². The molecular formula is C19H27N. The van der Waals surface area contributed by atoms with Crippen molar-refractivity contribution in [3.05, 3.63) is 34.9 Å². The first-order chi connectivity index (χ1) is 9.57. The van der Waals surface area contributed by atoms with E-state index in [9.17, 15) is 0 Å². The van der Waals surface area contributed by atoms with Crippen LogP contribution < -0.4 is 5.73 Å². The summed E-state index contributed by atoms with van der Waals surface area (Å²) in [4.78, 5) is 0. The van der Waals surface area contributed by atoms with E-state index in [4.69, 9.17) is 5.73 Å². The first kappa shape index (κ1) is 12.9. The van der Waals surface area contributed by atoms with Crippen LogP contribution in [0.25, 0.3) is 0 Å². The van der Waals surface area contributed by atoms with Crippen LogP contribution in [0.5, 0.6) is 0 Å². The van der Waals surface area contributed by atoms with Crippen LogP contribution >= 0.6 is 0 Å². The van der Waals surface area contributed by atoms with Gasteiger partial charge in [0.1, 0.15) is 0 Å². The van der Waals surface area contributed by atoms with Gasteiger partial charge in [-0.05, 0) is 92.2 Å². The van der Waals surface area contributed by atoms with Crippen LogP contribution in [-0.4, -0.2) is 0 Å². The van der Waals surface area contributed by atoms with Crippen molar-refractivity contribution in [2.24, 2.45) is 28.9 Å².